The van der Waals surface area contributed by atoms with Crippen LogP contribution in [-0.4, -0.2) is 57.3 Å². The van der Waals surface area contributed by atoms with E-state index in [0.29, 0.717) is 32.1 Å². The molecule has 2 rings (SSSR count). The van der Waals surface area contributed by atoms with Gasteiger partial charge in [-0.3, -0.25) is 0 Å². The molecule has 9 heteroatoms. The normalized spacial score (nSPS) is 19.3. The second-order valence-electron chi connectivity index (χ2n) is 5.27. The van der Waals surface area contributed by atoms with Crippen LogP contribution >= 0.6 is 0 Å². The highest BCUT2D eigenvalue weighted by Crippen LogP contribution is 2.11. The van der Waals surface area contributed by atoms with Crippen molar-refractivity contribution in [2.75, 3.05) is 31.8 Å². The largest absolute Gasteiger partial charge is 0.475 e. The van der Waals surface area contributed by atoms with Gasteiger partial charge in [-0.2, -0.15) is 0 Å². The van der Waals surface area contributed by atoms with Crippen LogP contribution in [0.4, 0.5) is 4.79 Å². The first kappa shape index (κ1) is 17.5. The Morgan fingerprint density at radius 2 is 2.22 bits per heavy atom. The van der Waals surface area contributed by atoms with Gasteiger partial charge in [-0.15, -0.1) is 0 Å². The van der Waals surface area contributed by atoms with E-state index in [1.807, 2.05) is 0 Å². The molecule has 0 unspecified atom stereocenters. The van der Waals surface area contributed by atoms with E-state index < -0.39 is 9.84 Å². The summed E-state index contributed by atoms with van der Waals surface area (Å²) in [5.41, 5.74) is 0.818. The molecule has 0 aliphatic carbocycles. The number of rotatable bonds is 7. The van der Waals surface area contributed by atoms with Crippen molar-refractivity contribution >= 4 is 15.9 Å². The molecule has 1 aliphatic heterocycles. The summed E-state index contributed by atoms with van der Waals surface area (Å²) in [6, 6.07) is 2.83. The Labute approximate surface area is 135 Å². The van der Waals surface area contributed by atoms with Gasteiger partial charge < -0.3 is 20.1 Å². The maximum atomic E-state index is 11.7. The SMILES string of the molecule is COCCOc1ccc(CNC(=O)N[C@H]2CCS(=O)(=O)C2)cn1. The summed E-state index contributed by atoms with van der Waals surface area (Å²) in [6.45, 7) is 1.21. The van der Waals surface area contributed by atoms with Gasteiger partial charge in [0.15, 0.2) is 9.84 Å². The Bertz CT molecular complexity index is 618. The highest BCUT2D eigenvalue weighted by molar-refractivity contribution is 7.91. The number of carbonyl (C=O) groups is 1. The van der Waals surface area contributed by atoms with Gasteiger partial charge in [-0.25, -0.2) is 18.2 Å². The summed E-state index contributed by atoms with van der Waals surface area (Å²) in [5, 5.41) is 5.34. The van der Waals surface area contributed by atoms with Crippen molar-refractivity contribution < 1.29 is 22.7 Å². The number of methoxy groups -OCH3 is 1. The van der Waals surface area contributed by atoms with E-state index in [1.54, 1.807) is 25.4 Å². The summed E-state index contributed by atoms with van der Waals surface area (Å²) in [5.74, 6) is 0.633. The Hall–Kier alpha value is -1.87. The molecule has 1 fully saturated rings. The van der Waals surface area contributed by atoms with Crippen LogP contribution in [0, 0.1) is 0 Å². The zero-order valence-corrected chi connectivity index (χ0v) is 13.8. The van der Waals surface area contributed by atoms with Crippen molar-refractivity contribution in [3.05, 3.63) is 23.9 Å². The van der Waals surface area contributed by atoms with E-state index in [2.05, 4.69) is 15.6 Å². The zero-order valence-electron chi connectivity index (χ0n) is 12.9. The average molecular weight is 343 g/mol. The molecule has 128 valence electrons. The molecule has 8 nitrogen and oxygen atoms in total. The summed E-state index contributed by atoms with van der Waals surface area (Å²) in [7, 11) is -1.40. The van der Waals surface area contributed by atoms with Crippen LogP contribution in [0.2, 0.25) is 0 Å². The second-order valence-corrected chi connectivity index (χ2v) is 7.50. The van der Waals surface area contributed by atoms with Crippen LogP contribution in [0.15, 0.2) is 18.3 Å². The van der Waals surface area contributed by atoms with Crippen LogP contribution in [0.5, 0.6) is 5.88 Å². The van der Waals surface area contributed by atoms with Gasteiger partial charge >= 0.3 is 6.03 Å². The standard InChI is InChI=1S/C14H21N3O5S/c1-21-5-6-22-13-3-2-11(8-15-13)9-16-14(18)17-12-4-7-23(19,20)10-12/h2-3,8,12H,4-7,9-10H2,1H3,(H2,16,17,18)/t12-/m0/s1. The van der Waals surface area contributed by atoms with E-state index in [0.717, 1.165) is 5.56 Å². The van der Waals surface area contributed by atoms with Gasteiger partial charge in [0.05, 0.1) is 18.1 Å². The maximum Gasteiger partial charge on any atom is 0.315 e. The Kier molecular flexibility index (Phi) is 6.17. The lowest BCUT2D eigenvalue weighted by molar-refractivity contribution is 0.143. The van der Waals surface area contributed by atoms with Gasteiger partial charge in [-0.05, 0) is 12.0 Å². The number of pyridine rings is 1. The molecular weight excluding hydrogens is 322 g/mol. The van der Waals surface area contributed by atoms with E-state index >= 15 is 0 Å². The van der Waals surface area contributed by atoms with Crippen molar-refractivity contribution in [2.24, 2.45) is 0 Å². The zero-order chi connectivity index (χ0) is 16.7. The molecule has 2 N–H and O–H groups in total. The molecule has 2 heterocycles. The molecule has 1 saturated heterocycles. The molecule has 0 saturated carbocycles. The summed E-state index contributed by atoms with van der Waals surface area (Å²) < 4.78 is 32.9. The highest BCUT2D eigenvalue weighted by atomic mass is 32.2. The lowest BCUT2D eigenvalue weighted by Crippen LogP contribution is -2.42. The molecule has 1 aromatic rings. The van der Waals surface area contributed by atoms with E-state index in [1.165, 1.54) is 0 Å². The van der Waals surface area contributed by atoms with Crippen molar-refractivity contribution in [3.63, 3.8) is 0 Å². The van der Waals surface area contributed by atoms with E-state index in [9.17, 15) is 13.2 Å². The maximum absolute atomic E-state index is 11.7. The lowest BCUT2D eigenvalue weighted by Gasteiger charge is -2.12. The van der Waals surface area contributed by atoms with Crippen LogP contribution in [0.1, 0.15) is 12.0 Å². The predicted molar refractivity (Wildman–Crippen MR) is 84.0 cm³/mol. The number of amides is 2. The number of carbonyl (C=O) groups excluding carboxylic acids is 1. The van der Waals surface area contributed by atoms with Gasteiger partial charge in [0, 0.05) is 32.0 Å². The van der Waals surface area contributed by atoms with Gasteiger partial charge in [0.1, 0.15) is 6.61 Å². The van der Waals surface area contributed by atoms with Crippen LogP contribution in [0.25, 0.3) is 0 Å². The number of ether oxygens (including phenoxy) is 2. The Morgan fingerprint density at radius 1 is 1.39 bits per heavy atom. The van der Waals surface area contributed by atoms with Gasteiger partial charge in [0.2, 0.25) is 5.88 Å². The predicted octanol–water partition coefficient (Wildman–Crippen LogP) is 0.0931. The van der Waals surface area contributed by atoms with Crippen molar-refractivity contribution in [3.8, 4) is 5.88 Å². The molecule has 1 aliphatic rings. The average Bonchev–Trinajstić information content (AvgIpc) is 2.85. The third-order valence-corrected chi connectivity index (χ3v) is 5.12. The van der Waals surface area contributed by atoms with Crippen LogP contribution < -0.4 is 15.4 Å². The number of sulfone groups is 1. The fourth-order valence-electron chi connectivity index (χ4n) is 2.16. The van der Waals surface area contributed by atoms with Crippen molar-refractivity contribution in [2.45, 2.75) is 19.0 Å². The summed E-state index contributed by atoms with van der Waals surface area (Å²) in [4.78, 5) is 15.9. The quantitative estimate of drug-likeness (QED) is 0.680. The smallest absolute Gasteiger partial charge is 0.315 e. The number of urea groups is 1. The topological polar surface area (TPSA) is 107 Å². The fraction of sp³-hybridized carbons (Fsp3) is 0.571. The lowest BCUT2D eigenvalue weighted by atomic mass is 10.2. The monoisotopic (exact) mass is 343 g/mol. The third-order valence-electron chi connectivity index (χ3n) is 3.36. The molecule has 0 aromatic carbocycles. The number of nitrogens with zero attached hydrogens (tertiary/aromatic N) is 1. The molecule has 1 atom stereocenters. The van der Waals surface area contributed by atoms with E-state index in [4.69, 9.17) is 9.47 Å². The fourth-order valence-corrected chi connectivity index (χ4v) is 3.83. The minimum atomic E-state index is -3.00. The summed E-state index contributed by atoms with van der Waals surface area (Å²) in [6.07, 6.45) is 2.08. The van der Waals surface area contributed by atoms with Crippen molar-refractivity contribution in [1.82, 2.24) is 15.6 Å². The highest BCUT2D eigenvalue weighted by Gasteiger charge is 2.28. The minimum absolute atomic E-state index is 0.00941. The Balaban J connectivity index is 1.72. The van der Waals surface area contributed by atoms with Crippen LogP contribution in [-0.2, 0) is 21.1 Å². The van der Waals surface area contributed by atoms with Gasteiger partial charge in [0.25, 0.3) is 0 Å². The molecular formula is C14H21N3O5S. The molecule has 0 bridgehead atoms. The first-order chi connectivity index (χ1) is 11.0. The van der Waals surface area contributed by atoms with Crippen LogP contribution in [0.3, 0.4) is 0 Å². The number of aromatic nitrogens is 1. The molecule has 23 heavy (non-hydrogen) atoms. The molecule has 0 spiro atoms. The first-order valence-corrected chi connectivity index (χ1v) is 9.12. The first-order valence-electron chi connectivity index (χ1n) is 7.30. The summed E-state index contributed by atoms with van der Waals surface area (Å²) >= 11 is 0. The Morgan fingerprint density at radius 3 is 2.83 bits per heavy atom. The molecule has 0 radical (unpaired) electrons. The van der Waals surface area contributed by atoms with Crippen molar-refractivity contribution in [1.29, 1.82) is 0 Å². The number of hydrogen-bond acceptors (Lipinski definition) is 6. The van der Waals surface area contributed by atoms with Gasteiger partial charge in [-0.1, -0.05) is 6.07 Å². The molecule has 1 aromatic heterocycles. The molecule has 2 amide bonds. The van der Waals surface area contributed by atoms with E-state index in [-0.39, 0.29) is 23.6 Å². The third kappa shape index (κ3) is 6.03. The minimum Gasteiger partial charge on any atom is -0.475 e. The second kappa shape index (κ2) is 8.11. The number of hydrogen-bond donors (Lipinski definition) is 2. The number of nitrogens with one attached hydrogen (secondary N) is 2.